The molecule has 0 aliphatic heterocycles. The minimum Gasteiger partial charge on any atom is -0.449 e. The third-order valence-corrected chi connectivity index (χ3v) is 5.64. The van der Waals surface area contributed by atoms with Gasteiger partial charge >= 0.3 is 6.09 Å². The van der Waals surface area contributed by atoms with E-state index in [2.05, 4.69) is 29.6 Å². The van der Waals surface area contributed by atoms with E-state index in [9.17, 15) is 14.9 Å². The summed E-state index contributed by atoms with van der Waals surface area (Å²) < 4.78 is 5.49. The van der Waals surface area contributed by atoms with Gasteiger partial charge < -0.3 is 10.1 Å². The average Bonchev–Trinajstić information content (AvgIpc) is 3.11. The molecule has 0 saturated heterocycles. The number of nitrogens with one attached hydrogen (secondary N) is 1. The number of fused-ring (bicyclic) bond motifs is 3. The van der Waals surface area contributed by atoms with Gasteiger partial charge in [-0.2, -0.15) is 0 Å². The standard InChI is InChI=1S/C25H21ClN2O4/c26-18-12-13-24(28(30)31)17(15-18)7-5-6-14-27-25(29)32-16-23-21-10-3-1-8-19(21)20-9-2-4-11-22(20)23/h1-5,7-13,15,23H,6,14,16H2,(H,27,29). The van der Waals surface area contributed by atoms with E-state index in [1.165, 1.54) is 29.3 Å². The van der Waals surface area contributed by atoms with Crippen molar-refractivity contribution in [1.29, 1.82) is 0 Å². The van der Waals surface area contributed by atoms with Crippen molar-refractivity contribution >= 4 is 29.5 Å². The van der Waals surface area contributed by atoms with Gasteiger partial charge in [0, 0.05) is 23.6 Å². The van der Waals surface area contributed by atoms with Crippen molar-refractivity contribution in [3.8, 4) is 11.1 Å². The van der Waals surface area contributed by atoms with Gasteiger partial charge in [0.1, 0.15) is 6.61 Å². The van der Waals surface area contributed by atoms with Crippen molar-refractivity contribution in [3.63, 3.8) is 0 Å². The Bertz CT molecular complexity index is 1150. The Hall–Kier alpha value is -3.64. The molecule has 0 unspecified atom stereocenters. The van der Waals surface area contributed by atoms with E-state index in [1.807, 2.05) is 24.3 Å². The number of nitrogens with zero attached hydrogens (tertiary/aromatic N) is 1. The smallest absolute Gasteiger partial charge is 0.407 e. The molecule has 1 aliphatic carbocycles. The zero-order chi connectivity index (χ0) is 22.5. The van der Waals surface area contributed by atoms with Crippen molar-refractivity contribution in [2.45, 2.75) is 12.3 Å². The predicted molar refractivity (Wildman–Crippen MR) is 125 cm³/mol. The second kappa shape index (κ2) is 9.66. The van der Waals surface area contributed by atoms with Gasteiger partial charge in [-0.25, -0.2) is 4.79 Å². The van der Waals surface area contributed by atoms with E-state index in [-0.39, 0.29) is 18.2 Å². The van der Waals surface area contributed by atoms with Crippen LogP contribution in [-0.2, 0) is 4.74 Å². The molecule has 0 saturated carbocycles. The van der Waals surface area contributed by atoms with Gasteiger partial charge in [0.25, 0.3) is 5.69 Å². The van der Waals surface area contributed by atoms with Gasteiger partial charge in [0.15, 0.2) is 0 Å². The first-order valence-electron chi connectivity index (χ1n) is 10.2. The Morgan fingerprint density at radius 3 is 2.38 bits per heavy atom. The summed E-state index contributed by atoms with van der Waals surface area (Å²) in [6.45, 7) is 0.603. The lowest BCUT2D eigenvalue weighted by Gasteiger charge is -2.14. The third-order valence-electron chi connectivity index (χ3n) is 5.41. The molecular weight excluding hydrogens is 428 g/mol. The molecule has 7 heteroatoms. The highest BCUT2D eigenvalue weighted by Gasteiger charge is 2.28. The number of carbonyl (C=O) groups excluding carboxylic acids is 1. The number of hydrogen-bond acceptors (Lipinski definition) is 4. The third kappa shape index (κ3) is 4.65. The van der Waals surface area contributed by atoms with Crippen molar-refractivity contribution in [3.05, 3.63) is 105 Å². The fourth-order valence-electron chi connectivity index (χ4n) is 3.94. The Kier molecular flexibility index (Phi) is 6.52. The summed E-state index contributed by atoms with van der Waals surface area (Å²) >= 11 is 5.92. The van der Waals surface area contributed by atoms with Gasteiger partial charge in [-0.15, -0.1) is 0 Å². The molecule has 162 valence electrons. The zero-order valence-corrected chi connectivity index (χ0v) is 17.9. The molecule has 0 bridgehead atoms. The highest BCUT2D eigenvalue weighted by Crippen LogP contribution is 2.44. The molecule has 3 aromatic carbocycles. The number of benzene rings is 3. The lowest BCUT2D eigenvalue weighted by atomic mass is 9.98. The number of nitro benzene ring substituents is 1. The topological polar surface area (TPSA) is 81.5 Å². The van der Waals surface area contributed by atoms with Crippen LogP contribution in [0.2, 0.25) is 5.02 Å². The Morgan fingerprint density at radius 2 is 1.72 bits per heavy atom. The molecule has 1 amide bonds. The minimum absolute atomic E-state index is 0.0106. The van der Waals surface area contributed by atoms with Crippen LogP contribution in [0.4, 0.5) is 10.5 Å². The molecule has 32 heavy (non-hydrogen) atoms. The lowest BCUT2D eigenvalue weighted by molar-refractivity contribution is -0.385. The molecule has 0 radical (unpaired) electrons. The Labute approximate surface area is 190 Å². The van der Waals surface area contributed by atoms with Crippen LogP contribution < -0.4 is 5.32 Å². The van der Waals surface area contributed by atoms with Crippen LogP contribution >= 0.6 is 11.6 Å². The number of amides is 1. The van der Waals surface area contributed by atoms with Crippen molar-refractivity contribution in [2.75, 3.05) is 13.2 Å². The summed E-state index contributed by atoms with van der Waals surface area (Å²) in [5, 5.41) is 14.2. The predicted octanol–water partition coefficient (Wildman–Crippen LogP) is 6.19. The monoisotopic (exact) mass is 448 g/mol. The fourth-order valence-corrected chi connectivity index (χ4v) is 4.12. The van der Waals surface area contributed by atoms with E-state index < -0.39 is 11.0 Å². The number of alkyl carbamates (subject to hydrolysis) is 1. The molecule has 1 N–H and O–H groups in total. The van der Waals surface area contributed by atoms with E-state index in [0.717, 1.165) is 11.1 Å². The number of halogens is 1. The normalized spacial score (nSPS) is 12.4. The first-order chi connectivity index (χ1) is 15.5. The SMILES string of the molecule is O=C(NCCC=Cc1cc(Cl)ccc1[N+](=O)[O-])OCC1c2ccccc2-c2ccccc21. The van der Waals surface area contributed by atoms with Crippen LogP contribution in [0.3, 0.4) is 0 Å². The Morgan fingerprint density at radius 1 is 1.06 bits per heavy atom. The van der Waals surface area contributed by atoms with Crippen LogP contribution in [0.25, 0.3) is 17.2 Å². The molecule has 0 atom stereocenters. The summed E-state index contributed by atoms with van der Waals surface area (Å²) in [6.07, 6.45) is 3.38. The lowest BCUT2D eigenvalue weighted by Crippen LogP contribution is -2.26. The number of hydrogen-bond donors (Lipinski definition) is 1. The summed E-state index contributed by atoms with van der Waals surface area (Å²) in [5.74, 6) is 0.0106. The minimum atomic E-state index is -0.492. The van der Waals surface area contributed by atoms with Gasteiger partial charge in [-0.1, -0.05) is 72.3 Å². The zero-order valence-electron chi connectivity index (χ0n) is 17.2. The molecule has 3 aromatic rings. The molecule has 1 aliphatic rings. The molecule has 0 aromatic heterocycles. The van der Waals surface area contributed by atoms with Crippen LogP contribution in [0.15, 0.2) is 72.8 Å². The van der Waals surface area contributed by atoms with Gasteiger partial charge in [-0.3, -0.25) is 10.1 Å². The highest BCUT2D eigenvalue weighted by atomic mass is 35.5. The van der Waals surface area contributed by atoms with E-state index in [1.54, 1.807) is 12.2 Å². The van der Waals surface area contributed by atoms with Gasteiger partial charge in [0.2, 0.25) is 0 Å². The maximum Gasteiger partial charge on any atom is 0.407 e. The number of rotatable bonds is 7. The van der Waals surface area contributed by atoms with Gasteiger partial charge in [0.05, 0.1) is 10.5 Å². The Balaban J connectivity index is 1.29. The number of ether oxygens (including phenoxy) is 1. The fraction of sp³-hybridized carbons (Fsp3) is 0.160. The summed E-state index contributed by atoms with van der Waals surface area (Å²) in [5.41, 5.74) is 5.08. The average molecular weight is 449 g/mol. The summed E-state index contributed by atoms with van der Waals surface area (Å²) in [7, 11) is 0. The van der Waals surface area contributed by atoms with Crippen LogP contribution in [0.1, 0.15) is 29.0 Å². The number of nitro groups is 1. The number of carbonyl (C=O) groups is 1. The van der Waals surface area contributed by atoms with E-state index >= 15 is 0 Å². The molecular formula is C25H21ClN2O4. The van der Waals surface area contributed by atoms with E-state index in [0.29, 0.717) is 23.6 Å². The van der Waals surface area contributed by atoms with Crippen molar-refractivity contribution in [2.24, 2.45) is 0 Å². The first-order valence-corrected chi connectivity index (χ1v) is 10.6. The quantitative estimate of drug-likeness (QED) is 0.265. The van der Waals surface area contributed by atoms with E-state index in [4.69, 9.17) is 16.3 Å². The van der Waals surface area contributed by atoms with Gasteiger partial charge in [-0.05, 0) is 40.8 Å². The highest BCUT2D eigenvalue weighted by molar-refractivity contribution is 6.30. The molecule has 4 rings (SSSR count). The summed E-state index contributed by atoms with van der Waals surface area (Å²) in [4.78, 5) is 22.8. The van der Waals surface area contributed by atoms with Crippen molar-refractivity contribution < 1.29 is 14.5 Å². The molecule has 0 spiro atoms. The maximum atomic E-state index is 12.2. The first kappa shape index (κ1) is 21.6. The van der Waals surface area contributed by atoms with Crippen molar-refractivity contribution in [1.82, 2.24) is 5.32 Å². The molecule has 0 fully saturated rings. The maximum absolute atomic E-state index is 12.2. The van der Waals surface area contributed by atoms with Crippen LogP contribution in [-0.4, -0.2) is 24.2 Å². The van der Waals surface area contributed by atoms with Crippen LogP contribution in [0, 0.1) is 10.1 Å². The largest absolute Gasteiger partial charge is 0.449 e. The molecule has 6 nitrogen and oxygen atoms in total. The second-order valence-corrected chi connectivity index (χ2v) is 7.84. The van der Waals surface area contributed by atoms with Crippen LogP contribution in [0.5, 0.6) is 0 Å². The summed E-state index contributed by atoms with van der Waals surface area (Å²) in [6, 6.07) is 20.7. The molecule has 0 heterocycles. The second-order valence-electron chi connectivity index (χ2n) is 7.40.